The average molecular weight is 239 g/mol. The second-order valence-corrected chi connectivity index (χ2v) is 4.08. The molecule has 0 bridgehead atoms. The Morgan fingerprint density at radius 3 is 2.75 bits per heavy atom. The Hall–Kier alpha value is -1.62. The topological polar surface area (TPSA) is 30.0 Å². The van der Waals surface area contributed by atoms with Gasteiger partial charge < -0.3 is 0 Å². The van der Waals surface area contributed by atoms with E-state index in [1.165, 1.54) is 12.3 Å². The maximum absolute atomic E-state index is 13.4. The first-order valence-corrected chi connectivity index (χ1v) is 5.38. The zero-order chi connectivity index (χ0) is 11.7. The molecule has 82 valence electrons. The van der Waals surface area contributed by atoms with Gasteiger partial charge in [0.25, 0.3) is 0 Å². The number of halogens is 2. The van der Waals surface area contributed by atoms with Crippen molar-refractivity contribution < 1.29 is 13.6 Å². The maximum Gasteiger partial charge on any atom is 0.188 e. The van der Waals surface area contributed by atoms with Crippen molar-refractivity contribution in [3.05, 3.63) is 40.2 Å². The van der Waals surface area contributed by atoms with E-state index in [2.05, 4.69) is 4.98 Å². The lowest BCUT2D eigenvalue weighted by Gasteiger charge is -1.98. The van der Waals surface area contributed by atoms with Crippen molar-refractivity contribution in [2.45, 2.75) is 6.92 Å². The molecule has 0 aliphatic carbocycles. The third-order valence-electron chi connectivity index (χ3n) is 2.01. The van der Waals surface area contributed by atoms with Gasteiger partial charge in [-0.15, -0.1) is 11.3 Å². The van der Waals surface area contributed by atoms with E-state index in [4.69, 9.17) is 0 Å². The molecule has 0 saturated heterocycles. The van der Waals surface area contributed by atoms with Crippen LogP contribution in [0.1, 0.15) is 16.7 Å². The van der Waals surface area contributed by atoms with Gasteiger partial charge in [-0.2, -0.15) is 0 Å². The van der Waals surface area contributed by atoms with Crippen molar-refractivity contribution in [2.75, 3.05) is 0 Å². The van der Waals surface area contributed by atoms with Gasteiger partial charge in [-0.25, -0.2) is 13.8 Å². The van der Waals surface area contributed by atoms with Crippen molar-refractivity contribution >= 4 is 17.1 Å². The summed E-state index contributed by atoms with van der Waals surface area (Å²) in [5, 5.41) is 1.83. The summed E-state index contributed by atoms with van der Waals surface area (Å²) in [5.41, 5.74) is 0.357. The second-order valence-electron chi connectivity index (χ2n) is 3.22. The number of ketones is 1. The van der Waals surface area contributed by atoms with Crippen LogP contribution in [0.25, 0.3) is 11.3 Å². The summed E-state index contributed by atoms with van der Waals surface area (Å²) in [6.45, 7) is 1.38. The molecule has 0 amide bonds. The standard InChI is InChI=1S/C11H7F2NOS/c1-6(15)11-14-10(5-16-11)8-4-7(12)2-3-9(8)13/h2-5H,1H3. The van der Waals surface area contributed by atoms with Gasteiger partial charge in [0.1, 0.15) is 11.6 Å². The molecule has 1 aromatic heterocycles. The average Bonchev–Trinajstić information content (AvgIpc) is 2.70. The minimum atomic E-state index is -0.554. The van der Waals surface area contributed by atoms with Crippen LogP contribution in [0, 0.1) is 11.6 Å². The van der Waals surface area contributed by atoms with Crippen LogP contribution in [-0.4, -0.2) is 10.8 Å². The number of benzene rings is 1. The normalized spacial score (nSPS) is 10.4. The monoisotopic (exact) mass is 239 g/mol. The molecule has 0 unspecified atom stereocenters. The minimum absolute atomic E-state index is 0.0729. The molecule has 0 N–H and O–H groups in total. The highest BCUT2D eigenvalue weighted by Crippen LogP contribution is 2.25. The first-order valence-electron chi connectivity index (χ1n) is 4.50. The van der Waals surface area contributed by atoms with Crippen molar-refractivity contribution in [1.29, 1.82) is 0 Å². The van der Waals surface area contributed by atoms with Crippen LogP contribution < -0.4 is 0 Å². The van der Waals surface area contributed by atoms with Gasteiger partial charge in [0.2, 0.25) is 0 Å². The lowest BCUT2D eigenvalue weighted by molar-refractivity contribution is 0.101. The first kappa shape index (κ1) is 10.9. The Balaban J connectivity index is 2.50. The van der Waals surface area contributed by atoms with E-state index in [1.807, 2.05) is 0 Å². The van der Waals surface area contributed by atoms with Crippen molar-refractivity contribution in [1.82, 2.24) is 4.98 Å². The number of carbonyl (C=O) groups is 1. The summed E-state index contributed by atoms with van der Waals surface area (Å²) in [7, 11) is 0. The number of carbonyl (C=O) groups excluding carboxylic acids is 1. The molecule has 0 fully saturated rings. The third-order valence-corrected chi connectivity index (χ3v) is 2.95. The fraction of sp³-hybridized carbons (Fsp3) is 0.0909. The van der Waals surface area contributed by atoms with Crippen LogP contribution in [0.2, 0.25) is 0 Å². The highest BCUT2D eigenvalue weighted by Gasteiger charge is 2.12. The van der Waals surface area contributed by atoms with Crippen molar-refractivity contribution in [3.8, 4) is 11.3 Å². The quantitative estimate of drug-likeness (QED) is 0.753. The van der Waals surface area contributed by atoms with Gasteiger partial charge in [0.05, 0.1) is 5.69 Å². The summed E-state index contributed by atoms with van der Waals surface area (Å²) in [6.07, 6.45) is 0. The van der Waals surface area contributed by atoms with E-state index in [-0.39, 0.29) is 17.0 Å². The Kier molecular flexibility index (Phi) is 2.78. The van der Waals surface area contributed by atoms with Crippen LogP contribution in [0.4, 0.5) is 8.78 Å². The predicted molar refractivity (Wildman–Crippen MR) is 57.5 cm³/mol. The molecule has 5 heteroatoms. The predicted octanol–water partition coefficient (Wildman–Crippen LogP) is 3.29. The molecule has 2 rings (SSSR count). The second kappa shape index (κ2) is 4.09. The molecule has 0 aliphatic heterocycles. The summed E-state index contributed by atoms with van der Waals surface area (Å²) >= 11 is 1.12. The first-order chi connectivity index (χ1) is 7.58. The lowest BCUT2D eigenvalue weighted by atomic mass is 10.1. The van der Waals surface area contributed by atoms with E-state index in [9.17, 15) is 13.6 Å². The molecular formula is C11H7F2NOS. The molecule has 0 aliphatic rings. The number of Topliss-reactive ketones (excluding diaryl/α,β-unsaturated/α-hetero) is 1. The number of rotatable bonds is 2. The SMILES string of the molecule is CC(=O)c1nc(-c2cc(F)ccc2F)cs1. The summed E-state index contributed by atoms with van der Waals surface area (Å²) in [4.78, 5) is 15.0. The van der Waals surface area contributed by atoms with E-state index in [0.717, 1.165) is 29.5 Å². The van der Waals surface area contributed by atoms with Gasteiger partial charge in [-0.05, 0) is 18.2 Å². The Morgan fingerprint density at radius 2 is 2.12 bits per heavy atom. The Morgan fingerprint density at radius 1 is 1.38 bits per heavy atom. The fourth-order valence-electron chi connectivity index (χ4n) is 1.25. The van der Waals surface area contributed by atoms with Crippen LogP contribution in [0.5, 0.6) is 0 Å². The van der Waals surface area contributed by atoms with Crippen molar-refractivity contribution in [2.24, 2.45) is 0 Å². The van der Waals surface area contributed by atoms with Crippen LogP contribution in [-0.2, 0) is 0 Å². The Labute approximate surface area is 94.6 Å². The van der Waals surface area contributed by atoms with Gasteiger partial charge in [0.15, 0.2) is 10.8 Å². The molecule has 0 saturated carbocycles. The molecule has 1 aromatic carbocycles. The Bertz CT molecular complexity index is 551. The summed E-state index contributed by atoms with van der Waals surface area (Å²) in [5.74, 6) is -1.27. The summed E-state index contributed by atoms with van der Waals surface area (Å²) in [6, 6.07) is 3.14. The molecule has 0 atom stereocenters. The molecule has 2 nitrogen and oxygen atoms in total. The number of thiazole rings is 1. The molecular weight excluding hydrogens is 232 g/mol. The van der Waals surface area contributed by atoms with E-state index in [0.29, 0.717) is 5.01 Å². The molecule has 2 aromatic rings. The van der Waals surface area contributed by atoms with Gasteiger partial charge in [-0.1, -0.05) is 0 Å². The molecule has 0 spiro atoms. The number of aromatic nitrogens is 1. The zero-order valence-electron chi connectivity index (χ0n) is 8.33. The highest BCUT2D eigenvalue weighted by molar-refractivity contribution is 7.12. The van der Waals surface area contributed by atoms with E-state index < -0.39 is 11.6 Å². The molecule has 1 heterocycles. The third kappa shape index (κ3) is 1.99. The minimum Gasteiger partial charge on any atom is -0.292 e. The van der Waals surface area contributed by atoms with Gasteiger partial charge >= 0.3 is 0 Å². The van der Waals surface area contributed by atoms with Gasteiger partial charge in [0, 0.05) is 17.9 Å². The zero-order valence-corrected chi connectivity index (χ0v) is 9.15. The molecule has 16 heavy (non-hydrogen) atoms. The van der Waals surface area contributed by atoms with Crippen LogP contribution in [0.15, 0.2) is 23.6 Å². The smallest absolute Gasteiger partial charge is 0.188 e. The van der Waals surface area contributed by atoms with Gasteiger partial charge in [-0.3, -0.25) is 4.79 Å². The summed E-state index contributed by atoms with van der Waals surface area (Å²) < 4.78 is 26.3. The van der Waals surface area contributed by atoms with Crippen molar-refractivity contribution in [3.63, 3.8) is 0 Å². The lowest BCUT2D eigenvalue weighted by Crippen LogP contribution is -1.91. The largest absolute Gasteiger partial charge is 0.292 e. The van der Waals surface area contributed by atoms with E-state index in [1.54, 1.807) is 0 Å². The van der Waals surface area contributed by atoms with Crippen LogP contribution in [0.3, 0.4) is 0 Å². The van der Waals surface area contributed by atoms with Crippen LogP contribution >= 0.6 is 11.3 Å². The van der Waals surface area contributed by atoms with E-state index >= 15 is 0 Å². The number of nitrogens with zero attached hydrogens (tertiary/aromatic N) is 1. The maximum atomic E-state index is 13.4. The fourth-order valence-corrected chi connectivity index (χ4v) is 1.97. The number of hydrogen-bond acceptors (Lipinski definition) is 3. The number of hydrogen-bond donors (Lipinski definition) is 0. The molecule has 0 radical (unpaired) electrons. The highest BCUT2D eigenvalue weighted by atomic mass is 32.1.